The molecular formula is C10H16F4. The van der Waals surface area contributed by atoms with Crippen LogP contribution in [0.15, 0.2) is 0 Å². The van der Waals surface area contributed by atoms with Gasteiger partial charge in [-0.05, 0) is 19.3 Å². The molecule has 1 aliphatic rings. The van der Waals surface area contributed by atoms with Crippen LogP contribution in [0.5, 0.6) is 0 Å². The van der Waals surface area contributed by atoms with E-state index in [4.69, 9.17) is 0 Å². The van der Waals surface area contributed by atoms with Crippen molar-refractivity contribution < 1.29 is 17.6 Å². The highest BCUT2D eigenvalue weighted by atomic mass is 19.3. The molecule has 84 valence electrons. The molecule has 0 nitrogen and oxygen atoms in total. The normalized spacial score (nSPS) is 32.6. The lowest BCUT2D eigenvalue weighted by molar-refractivity contribution is -0.143. The molecule has 0 heterocycles. The molecule has 0 aromatic rings. The fourth-order valence-corrected chi connectivity index (χ4v) is 2.42. The molecule has 0 amide bonds. The van der Waals surface area contributed by atoms with Crippen LogP contribution in [0.1, 0.15) is 40.0 Å². The molecule has 1 unspecified atom stereocenters. The van der Waals surface area contributed by atoms with Crippen molar-refractivity contribution >= 4 is 0 Å². The Labute approximate surface area is 81.7 Å². The predicted molar refractivity (Wildman–Crippen MR) is 46.7 cm³/mol. The van der Waals surface area contributed by atoms with Gasteiger partial charge in [0.1, 0.15) is 0 Å². The first kappa shape index (κ1) is 11.8. The third-order valence-corrected chi connectivity index (χ3v) is 3.49. The van der Waals surface area contributed by atoms with Gasteiger partial charge >= 0.3 is 0 Å². The number of halogens is 4. The minimum atomic E-state index is -3.03. The van der Waals surface area contributed by atoms with Crippen LogP contribution in [0.3, 0.4) is 0 Å². The van der Waals surface area contributed by atoms with Crippen molar-refractivity contribution in [2.24, 2.45) is 11.3 Å². The molecule has 1 fully saturated rings. The topological polar surface area (TPSA) is 0 Å². The van der Waals surface area contributed by atoms with Gasteiger partial charge in [0.15, 0.2) is 0 Å². The van der Waals surface area contributed by atoms with Crippen molar-refractivity contribution in [1.82, 2.24) is 0 Å². The number of hydrogen-bond donors (Lipinski definition) is 0. The zero-order valence-corrected chi connectivity index (χ0v) is 8.71. The third kappa shape index (κ3) is 1.75. The largest absolute Gasteiger partial charge is 0.251 e. The standard InChI is InChI=1S/C10H16F4/c1-7(2)9(8(3,11)12)4-5-10(13,14)6-9/h7H,4-6H2,1-3H3. The average molecular weight is 212 g/mol. The molecule has 4 heteroatoms. The van der Waals surface area contributed by atoms with Gasteiger partial charge in [0.2, 0.25) is 5.92 Å². The molecule has 0 aromatic heterocycles. The highest BCUT2D eigenvalue weighted by molar-refractivity contribution is 5.01. The van der Waals surface area contributed by atoms with E-state index in [0.717, 1.165) is 6.92 Å². The Morgan fingerprint density at radius 1 is 1.14 bits per heavy atom. The lowest BCUT2D eigenvalue weighted by atomic mass is 9.71. The van der Waals surface area contributed by atoms with Crippen molar-refractivity contribution in [3.63, 3.8) is 0 Å². The van der Waals surface area contributed by atoms with Gasteiger partial charge in [-0.15, -0.1) is 0 Å². The van der Waals surface area contributed by atoms with Crippen molar-refractivity contribution in [3.8, 4) is 0 Å². The zero-order chi connectivity index (χ0) is 11.2. The molecule has 0 spiro atoms. The van der Waals surface area contributed by atoms with E-state index in [0.29, 0.717) is 0 Å². The van der Waals surface area contributed by atoms with Crippen LogP contribution in [0.25, 0.3) is 0 Å². The first-order chi connectivity index (χ1) is 6.11. The van der Waals surface area contributed by atoms with Gasteiger partial charge < -0.3 is 0 Å². The highest BCUT2D eigenvalue weighted by Crippen LogP contribution is 2.58. The summed E-state index contributed by atoms with van der Waals surface area (Å²) in [6.07, 6.45) is -1.17. The minimum absolute atomic E-state index is 0.0822. The second kappa shape index (κ2) is 3.11. The third-order valence-electron chi connectivity index (χ3n) is 3.49. The second-order valence-corrected chi connectivity index (χ2v) is 4.73. The second-order valence-electron chi connectivity index (χ2n) is 4.73. The maximum absolute atomic E-state index is 13.3. The summed E-state index contributed by atoms with van der Waals surface area (Å²) in [6, 6.07) is 0. The van der Waals surface area contributed by atoms with E-state index in [9.17, 15) is 17.6 Å². The van der Waals surface area contributed by atoms with E-state index in [1.54, 1.807) is 13.8 Å². The molecule has 0 saturated heterocycles. The summed E-state index contributed by atoms with van der Waals surface area (Å²) in [4.78, 5) is 0. The molecule has 0 bridgehead atoms. The summed E-state index contributed by atoms with van der Waals surface area (Å²) in [6.45, 7) is 3.95. The van der Waals surface area contributed by atoms with Gasteiger partial charge in [0.25, 0.3) is 5.92 Å². The van der Waals surface area contributed by atoms with E-state index >= 15 is 0 Å². The molecule has 1 atom stereocenters. The molecule has 0 aromatic carbocycles. The van der Waals surface area contributed by atoms with Crippen LogP contribution in [0.4, 0.5) is 17.6 Å². The van der Waals surface area contributed by atoms with Gasteiger partial charge in [-0.1, -0.05) is 13.8 Å². The average Bonchev–Trinajstić information content (AvgIpc) is 2.25. The van der Waals surface area contributed by atoms with Crippen LogP contribution in [0.2, 0.25) is 0 Å². The quantitative estimate of drug-likeness (QED) is 0.604. The van der Waals surface area contributed by atoms with E-state index in [1.165, 1.54) is 0 Å². The van der Waals surface area contributed by atoms with E-state index < -0.39 is 36.0 Å². The monoisotopic (exact) mass is 212 g/mol. The fraction of sp³-hybridized carbons (Fsp3) is 1.00. The lowest BCUT2D eigenvalue weighted by Gasteiger charge is -2.38. The molecule has 14 heavy (non-hydrogen) atoms. The Kier molecular flexibility index (Phi) is 2.62. The van der Waals surface area contributed by atoms with Crippen molar-refractivity contribution in [3.05, 3.63) is 0 Å². The molecule has 0 radical (unpaired) electrons. The molecular weight excluding hydrogens is 196 g/mol. The predicted octanol–water partition coefficient (Wildman–Crippen LogP) is 4.10. The van der Waals surface area contributed by atoms with Crippen LogP contribution in [-0.4, -0.2) is 11.8 Å². The number of alkyl halides is 4. The van der Waals surface area contributed by atoms with Gasteiger partial charge in [0, 0.05) is 18.3 Å². The zero-order valence-electron chi connectivity index (χ0n) is 8.71. The minimum Gasteiger partial charge on any atom is -0.207 e. The van der Waals surface area contributed by atoms with Crippen LogP contribution >= 0.6 is 0 Å². The molecule has 0 N–H and O–H groups in total. The van der Waals surface area contributed by atoms with E-state index in [-0.39, 0.29) is 6.42 Å². The fourth-order valence-electron chi connectivity index (χ4n) is 2.42. The lowest BCUT2D eigenvalue weighted by Crippen LogP contribution is -2.42. The summed E-state index contributed by atoms with van der Waals surface area (Å²) in [7, 11) is 0. The Morgan fingerprint density at radius 2 is 1.64 bits per heavy atom. The van der Waals surface area contributed by atoms with Gasteiger partial charge in [-0.3, -0.25) is 0 Å². The maximum Gasteiger partial charge on any atom is 0.251 e. The number of rotatable bonds is 2. The Morgan fingerprint density at radius 3 is 1.79 bits per heavy atom. The van der Waals surface area contributed by atoms with Gasteiger partial charge in [-0.2, -0.15) is 0 Å². The Bertz CT molecular complexity index is 217. The number of hydrogen-bond acceptors (Lipinski definition) is 0. The molecule has 1 aliphatic carbocycles. The van der Waals surface area contributed by atoms with Crippen molar-refractivity contribution in [2.75, 3.05) is 0 Å². The molecule has 1 rings (SSSR count). The summed E-state index contributed by atoms with van der Waals surface area (Å²) in [5.74, 6) is -6.36. The van der Waals surface area contributed by atoms with E-state index in [2.05, 4.69) is 0 Å². The summed E-state index contributed by atoms with van der Waals surface area (Å²) in [5.41, 5.74) is -1.52. The van der Waals surface area contributed by atoms with E-state index in [1.807, 2.05) is 0 Å². The van der Waals surface area contributed by atoms with Crippen LogP contribution in [0, 0.1) is 11.3 Å². The highest BCUT2D eigenvalue weighted by Gasteiger charge is 2.61. The molecule has 1 saturated carbocycles. The Balaban J connectivity index is 2.99. The summed E-state index contributed by atoms with van der Waals surface area (Å²) >= 11 is 0. The smallest absolute Gasteiger partial charge is 0.207 e. The Hall–Kier alpha value is -0.280. The van der Waals surface area contributed by atoms with Crippen LogP contribution < -0.4 is 0 Å². The van der Waals surface area contributed by atoms with Crippen molar-refractivity contribution in [1.29, 1.82) is 0 Å². The van der Waals surface area contributed by atoms with Gasteiger partial charge in [-0.25, -0.2) is 17.6 Å². The first-order valence-corrected chi connectivity index (χ1v) is 4.86. The maximum atomic E-state index is 13.3. The summed E-state index contributed by atoms with van der Waals surface area (Å²) < 4.78 is 52.7. The summed E-state index contributed by atoms with van der Waals surface area (Å²) in [5, 5.41) is 0. The SMILES string of the molecule is CC(C)C1(C(C)(F)F)CCC(F)(F)C1. The molecule has 0 aliphatic heterocycles. The van der Waals surface area contributed by atoms with Crippen molar-refractivity contribution in [2.45, 2.75) is 51.9 Å². The van der Waals surface area contributed by atoms with Gasteiger partial charge in [0.05, 0.1) is 0 Å². The first-order valence-electron chi connectivity index (χ1n) is 4.86. The van der Waals surface area contributed by atoms with Crippen LogP contribution in [-0.2, 0) is 0 Å².